The predicted molar refractivity (Wildman–Crippen MR) is 89.3 cm³/mol. The summed E-state index contributed by atoms with van der Waals surface area (Å²) < 4.78 is 0. The number of rotatable bonds is 5. The van der Waals surface area contributed by atoms with E-state index in [1.165, 1.54) is 0 Å². The Bertz CT molecular complexity index is 453. The van der Waals surface area contributed by atoms with Gasteiger partial charge in [-0.25, -0.2) is 0 Å². The smallest absolute Gasteiger partial charge is 0.230 e. The quantitative estimate of drug-likeness (QED) is 0.852. The molecule has 0 saturated carbocycles. The third-order valence-electron chi connectivity index (χ3n) is 2.93. The fourth-order valence-corrected chi connectivity index (χ4v) is 3.34. The van der Waals surface area contributed by atoms with E-state index in [4.69, 9.17) is 23.2 Å². The van der Waals surface area contributed by atoms with E-state index in [1.54, 1.807) is 17.8 Å². The van der Waals surface area contributed by atoms with Gasteiger partial charge in [-0.05, 0) is 30.7 Å². The summed E-state index contributed by atoms with van der Waals surface area (Å²) in [6, 6.07) is 5.72. The van der Waals surface area contributed by atoms with E-state index < -0.39 is 0 Å². The lowest BCUT2D eigenvalue weighted by Gasteiger charge is -2.11. The number of thioether (sulfide) groups is 1. The number of hydrogen-bond donors (Lipinski definition) is 2. The fourth-order valence-electron chi connectivity index (χ4n) is 1.94. The number of benzene rings is 1. The van der Waals surface area contributed by atoms with Gasteiger partial charge in [-0.15, -0.1) is 24.2 Å². The molecule has 1 unspecified atom stereocenters. The predicted octanol–water partition coefficient (Wildman–Crippen LogP) is 3.13. The van der Waals surface area contributed by atoms with Crippen LogP contribution in [-0.4, -0.2) is 30.8 Å². The number of halogens is 3. The summed E-state index contributed by atoms with van der Waals surface area (Å²) in [4.78, 5) is 11.7. The van der Waals surface area contributed by atoms with Gasteiger partial charge in [-0.1, -0.05) is 29.3 Å². The van der Waals surface area contributed by atoms with Crippen molar-refractivity contribution in [1.29, 1.82) is 0 Å². The second-order valence-electron chi connectivity index (χ2n) is 4.49. The molecule has 0 radical (unpaired) electrons. The van der Waals surface area contributed by atoms with Crippen molar-refractivity contribution in [2.45, 2.75) is 18.2 Å². The van der Waals surface area contributed by atoms with Crippen LogP contribution in [0.5, 0.6) is 0 Å². The van der Waals surface area contributed by atoms with Crippen LogP contribution >= 0.6 is 47.4 Å². The Hall–Kier alpha value is -0.130. The van der Waals surface area contributed by atoms with Crippen LogP contribution in [0.15, 0.2) is 18.2 Å². The van der Waals surface area contributed by atoms with Crippen LogP contribution in [0.1, 0.15) is 12.0 Å². The molecule has 1 heterocycles. The summed E-state index contributed by atoms with van der Waals surface area (Å²) in [6.45, 7) is 1.86. The van der Waals surface area contributed by atoms with Gasteiger partial charge < -0.3 is 10.6 Å². The van der Waals surface area contributed by atoms with Gasteiger partial charge in [0.05, 0.1) is 5.75 Å². The first kappa shape index (κ1) is 17.9. The van der Waals surface area contributed by atoms with Crippen LogP contribution in [0, 0.1) is 0 Å². The maximum atomic E-state index is 11.7. The first-order valence-electron chi connectivity index (χ1n) is 6.17. The molecule has 1 fully saturated rings. The normalized spacial score (nSPS) is 17.6. The van der Waals surface area contributed by atoms with E-state index in [1.807, 2.05) is 12.1 Å². The Balaban J connectivity index is 0.00000200. The van der Waals surface area contributed by atoms with Gasteiger partial charge in [0.1, 0.15) is 0 Å². The molecule has 1 amide bonds. The topological polar surface area (TPSA) is 41.1 Å². The van der Waals surface area contributed by atoms with Crippen molar-refractivity contribution in [3.05, 3.63) is 33.8 Å². The van der Waals surface area contributed by atoms with Crippen molar-refractivity contribution in [3.8, 4) is 0 Å². The molecule has 112 valence electrons. The van der Waals surface area contributed by atoms with Crippen LogP contribution in [0.4, 0.5) is 0 Å². The standard InChI is InChI=1S/C13H16Cl2N2OS.ClH/c14-10-2-1-9(12(15)5-10)7-19-8-13(18)17-11-3-4-16-6-11;/h1-2,5,11,16H,3-4,6-8H2,(H,17,18);1H. The van der Waals surface area contributed by atoms with Gasteiger partial charge in [0.25, 0.3) is 0 Å². The molecule has 0 spiro atoms. The summed E-state index contributed by atoms with van der Waals surface area (Å²) >= 11 is 13.5. The van der Waals surface area contributed by atoms with Crippen molar-refractivity contribution >= 4 is 53.3 Å². The summed E-state index contributed by atoms with van der Waals surface area (Å²) in [5, 5.41) is 7.52. The minimum atomic E-state index is 0. The number of amides is 1. The van der Waals surface area contributed by atoms with Gasteiger partial charge in [-0.2, -0.15) is 0 Å². The molecule has 1 atom stereocenters. The molecule has 1 saturated heterocycles. The zero-order valence-electron chi connectivity index (χ0n) is 10.8. The second-order valence-corrected chi connectivity index (χ2v) is 6.32. The maximum absolute atomic E-state index is 11.7. The number of nitrogens with one attached hydrogen (secondary N) is 2. The molecule has 1 aromatic carbocycles. The molecule has 0 bridgehead atoms. The highest BCUT2D eigenvalue weighted by Gasteiger charge is 2.16. The first-order valence-corrected chi connectivity index (χ1v) is 8.08. The van der Waals surface area contributed by atoms with Gasteiger partial charge in [0, 0.05) is 28.4 Å². The number of carbonyl (C=O) groups excluding carboxylic acids is 1. The summed E-state index contributed by atoms with van der Waals surface area (Å²) in [5.74, 6) is 1.26. The van der Waals surface area contributed by atoms with Crippen LogP contribution < -0.4 is 10.6 Å². The van der Waals surface area contributed by atoms with E-state index in [-0.39, 0.29) is 24.4 Å². The molecular weight excluding hydrogens is 339 g/mol. The monoisotopic (exact) mass is 354 g/mol. The van der Waals surface area contributed by atoms with E-state index in [0.717, 1.165) is 25.1 Å². The van der Waals surface area contributed by atoms with Crippen LogP contribution in [0.25, 0.3) is 0 Å². The second kappa shape index (κ2) is 9.00. The van der Waals surface area contributed by atoms with Crippen LogP contribution in [0.3, 0.4) is 0 Å². The Labute approximate surface area is 139 Å². The summed E-state index contributed by atoms with van der Waals surface area (Å²) in [5.41, 5.74) is 1.01. The molecule has 2 rings (SSSR count). The highest BCUT2D eigenvalue weighted by molar-refractivity contribution is 7.99. The Morgan fingerprint density at radius 2 is 2.25 bits per heavy atom. The molecule has 0 aliphatic carbocycles. The van der Waals surface area contributed by atoms with Crippen LogP contribution in [0.2, 0.25) is 10.0 Å². The Morgan fingerprint density at radius 1 is 1.45 bits per heavy atom. The lowest BCUT2D eigenvalue weighted by Crippen LogP contribution is -2.37. The third kappa shape index (κ3) is 5.70. The van der Waals surface area contributed by atoms with Gasteiger partial charge >= 0.3 is 0 Å². The van der Waals surface area contributed by atoms with E-state index in [2.05, 4.69) is 10.6 Å². The highest BCUT2D eigenvalue weighted by atomic mass is 35.5. The van der Waals surface area contributed by atoms with Crippen molar-refractivity contribution in [2.24, 2.45) is 0 Å². The van der Waals surface area contributed by atoms with Gasteiger partial charge in [0.15, 0.2) is 0 Å². The highest BCUT2D eigenvalue weighted by Crippen LogP contribution is 2.24. The van der Waals surface area contributed by atoms with Gasteiger partial charge in [-0.3, -0.25) is 4.79 Å². The van der Waals surface area contributed by atoms with Crippen LogP contribution in [-0.2, 0) is 10.5 Å². The molecule has 0 aromatic heterocycles. The fraction of sp³-hybridized carbons (Fsp3) is 0.462. The molecular formula is C13H17Cl3N2OS. The van der Waals surface area contributed by atoms with E-state index in [0.29, 0.717) is 21.6 Å². The Kier molecular flexibility index (Phi) is 8.07. The van der Waals surface area contributed by atoms with Crippen molar-refractivity contribution in [3.63, 3.8) is 0 Å². The number of carbonyl (C=O) groups is 1. The lowest BCUT2D eigenvalue weighted by molar-refractivity contribution is -0.119. The zero-order valence-corrected chi connectivity index (χ0v) is 14.0. The first-order chi connectivity index (χ1) is 9.15. The molecule has 1 aromatic rings. The molecule has 2 N–H and O–H groups in total. The van der Waals surface area contributed by atoms with Crippen molar-refractivity contribution in [1.82, 2.24) is 10.6 Å². The largest absolute Gasteiger partial charge is 0.351 e. The SMILES string of the molecule is Cl.O=C(CSCc1ccc(Cl)cc1Cl)NC1CCNC1. The summed E-state index contributed by atoms with van der Waals surface area (Å²) in [7, 11) is 0. The van der Waals surface area contributed by atoms with Crippen molar-refractivity contribution in [2.75, 3.05) is 18.8 Å². The molecule has 1 aliphatic heterocycles. The third-order valence-corrected chi connectivity index (χ3v) is 4.50. The summed E-state index contributed by atoms with van der Waals surface area (Å²) in [6.07, 6.45) is 1.01. The maximum Gasteiger partial charge on any atom is 0.230 e. The van der Waals surface area contributed by atoms with Crippen molar-refractivity contribution < 1.29 is 4.79 Å². The average molecular weight is 356 g/mol. The number of hydrogen-bond acceptors (Lipinski definition) is 3. The zero-order chi connectivity index (χ0) is 13.7. The molecule has 7 heteroatoms. The minimum absolute atomic E-state index is 0. The van der Waals surface area contributed by atoms with E-state index in [9.17, 15) is 4.79 Å². The molecule has 20 heavy (non-hydrogen) atoms. The molecule has 1 aliphatic rings. The van der Waals surface area contributed by atoms with E-state index >= 15 is 0 Å². The van der Waals surface area contributed by atoms with Gasteiger partial charge in [0.2, 0.25) is 5.91 Å². The molecule has 3 nitrogen and oxygen atoms in total. The average Bonchev–Trinajstić information content (AvgIpc) is 2.84. The lowest BCUT2D eigenvalue weighted by atomic mass is 10.2. The Morgan fingerprint density at radius 3 is 2.90 bits per heavy atom. The minimum Gasteiger partial charge on any atom is -0.351 e.